The second-order valence-electron chi connectivity index (χ2n) is 8.03. The van der Waals surface area contributed by atoms with Crippen LogP contribution in [-0.2, 0) is 5.41 Å². The van der Waals surface area contributed by atoms with Crippen LogP contribution in [0.4, 0.5) is 0 Å². The van der Waals surface area contributed by atoms with Gasteiger partial charge >= 0.3 is 0 Å². The lowest BCUT2D eigenvalue weighted by Crippen LogP contribution is -2.48. The Morgan fingerprint density at radius 2 is 1.59 bits per heavy atom. The lowest BCUT2D eigenvalue weighted by Gasteiger charge is -2.57. The summed E-state index contributed by atoms with van der Waals surface area (Å²) in [6.45, 7) is 2.84. The summed E-state index contributed by atoms with van der Waals surface area (Å²) in [7, 11) is 0. The Bertz CT molecular complexity index is 524. The van der Waals surface area contributed by atoms with Crippen molar-refractivity contribution in [3.8, 4) is 0 Å². The quantitative estimate of drug-likeness (QED) is 0.882. The van der Waals surface area contributed by atoms with Crippen LogP contribution in [0.25, 0.3) is 0 Å². The lowest BCUT2D eigenvalue weighted by molar-refractivity contribution is -0.00519. The molecule has 0 saturated heterocycles. The van der Waals surface area contributed by atoms with Gasteiger partial charge in [-0.3, -0.25) is 4.79 Å². The van der Waals surface area contributed by atoms with Gasteiger partial charge < -0.3 is 5.32 Å². The molecular weight excluding hydrogens is 270 g/mol. The molecule has 0 aliphatic heterocycles. The third-order valence-electron chi connectivity index (χ3n) is 6.33. The zero-order valence-corrected chi connectivity index (χ0v) is 13.6. The average molecular weight is 297 g/mol. The second kappa shape index (κ2) is 5.40. The molecule has 2 heteroatoms. The molecule has 4 saturated carbocycles. The highest BCUT2D eigenvalue weighted by Crippen LogP contribution is 2.60. The van der Waals surface area contributed by atoms with Crippen molar-refractivity contribution in [2.24, 2.45) is 17.8 Å². The van der Waals surface area contributed by atoms with Gasteiger partial charge in [-0.25, -0.2) is 0 Å². The molecule has 4 aliphatic carbocycles. The number of carbonyl (C=O) groups excluding carboxylic acids is 1. The van der Waals surface area contributed by atoms with Crippen LogP contribution >= 0.6 is 0 Å². The van der Waals surface area contributed by atoms with E-state index >= 15 is 0 Å². The Hall–Kier alpha value is -1.31. The monoisotopic (exact) mass is 297 g/mol. The van der Waals surface area contributed by atoms with Gasteiger partial charge in [-0.1, -0.05) is 19.1 Å². The largest absolute Gasteiger partial charge is 0.352 e. The number of hydrogen-bond donors (Lipinski definition) is 1. The molecule has 1 N–H and O–H groups in total. The lowest BCUT2D eigenvalue weighted by atomic mass is 9.48. The van der Waals surface area contributed by atoms with Gasteiger partial charge in [-0.2, -0.15) is 0 Å². The Kier molecular flexibility index (Phi) is 3.51. The number of benzene rings is 1. The van der Waals surface area contributed by atoms with Gasteiger partial charge in [0.2, 0.25) is 0 Å². The fourth-order valence-corrected chi connectivity index (χ4v) is 5.78. The van der Waals surface area contributed by atoms with Crippen LogP contribution < -0.4 is 5.32 Å². The maximum atomic E-state index is 12.1. The highest BCUT2D eigenvalue weighted by molar-refractivity contribution is 5.94. The Morgan fingerprint density at radius 3 is 2.09 bits per heavy atom. The number of carbonyl (C=O) groups is 1. The minimum atomic E-state index is 0.0684. The number of nitrogens with one attached hydrogen (secondary N) is 1. The highest BCUT2D eigenvalue weighted by atomic mass is 16.1. The van der Waals surface area contributed by atoms with Crippen molar-refractivity contribution in [1.29, 1.82) is 0 Å². The van der Waals surface area contributed by atoms with Crippen molar-refractivity contribution >= 4 is 5.91 Å². The first kappa shape index (κ1) is 14.3. The van der Waals surface area contributed by atoms with E-state index in [1.165, 1.54) is 44.1 Å². The summed E-state index contributed by atoms with van der Waals surface area (Å²) in [6.07, 6.45) is 9.60. The van der Waals surface area contributed by atoms with E-state index in [2.05, 4.69) is 24.4 Å². The van der Waals surface area contributed by atoms with Crippen LogP contribution in [0, 0.1) is 17.8 Å². The molecule has 4 aliphatic rings. The number of rotatable bonds is 4. The van der Waals surface area contributed by atoms with Crippen LogP contribution in [-0.4, -0.2) is 12.5 Å². The molecule has 2 nitrogen and oxygen atoms in total. The molecule has 0 aromatic heterocycles. The third-order valence-corrected chi connectivity index (χ3v) is 6.33. The first-order valence-electron chi connectivity index (χ1n) is 9.07. The molecule has 1 aromatic rings. The zero-order valence-electron chi connectivity index (χ0n) is 13.6. The Labute approximate surface area is 133 Å². The van der Waals surface area contributed by atoms with Crippen LogP contribution in [0.1, 0.15) is 67.8 Å². The van der Waals surface area contributed by atoms with Crippen molar-refractivity contribution in [1.82, 2.24) is 5.32 Å². The number of amides is 1. The SMILES string of the molecule is CCCNC(=O)c1ccc(C23CC4CC(CC(C4)C2)C3)cc1. The maximum absolute atomic E-state index is 12.1. The second-order valence-corrected chi connectivity index (χ2v) is 8.03. The number of hydrogen-bond acceptors (Lipinski definition) is 1. The minimum absolute atomic E-state index is 0.0684. The van der Waals surface area contributed by atoms with Crippen LogP contribution in [0.2, 0.25) is 0 Å². The molecule has 0 heterocycles. The molecule has 1 amide bonds. The summed E-state index contributed by atoms with van der Waals surface area (Å²) in [5, 5.41) is 2.96. The van der Waals surface area contributed by atoms with Crippen LogP contribution in [0.3, 0.4) is 0 Å². The highest BCUT2D eigenvalue weighted by Gasteiger charge is 2.51. The molecule has 0 atom stereocenters. The van der Waals surface area contributed by atoms with Gasteiger partial charge in [-0.15, -0.1) is 0 Å². The van der Waals surface area contributed by atoms with Gasteiger partial charge in [0.25, 0.3) is 5.91 Å². The average Bonchev–Trinajstić information content (AvgIpc) is 2.51. The predicted octanol–water partition coefficient (Wildman–Crippen LogP) is 4.29. The van der Waals surface area contributed by atoms with E-state index in [0.717, 1.165) is 36.3 Å². The molecule has 0 spiro atoms. The molecule has 4 fully saturated rings. The normalized spacial score (nSPS) is 35.6. The van der Waals surface area contributed by atoms with E-state index in [-0.39, 0.29) is 5.91 Å². The zero-order chi connectivity index (χ0) is 15.2. The molecule has 0 unspecified atom stereocenters. The van der Waals surface area contributed by atoms with Gasteiger partial charge in [0.15, 0.2) is 0 Å². The van der Waals surface area contributed by atoms with Crippen LogP contribution in [0.15, 0.2) is 24.3 Å². The van der Waals surface area contributed by atoms with E-state index in [4.69, 9.17) is 0 Å². The summed E-state index contributed by atoms with van der Waals surface area (Å²) in [6, 6.07) is 8.57. The van der Waals surface area contributed by atoms with Gasteiger partial charge in [0.1, 0.15) is 0 Å². The van der Waals surface area contributed by atoms with Gasteiger partial charge in [0, 0.05) is 12.1 Å². The van der Waals surface area contributed by atoms with E-state index in [0.29, 0.717) is 5.41 Å². The van der Waals surface area contributed by atoms with E-state index in [1.807, 2.05) is 12.1 Å². The van der Waals surface area contributed by atoms with Crippen molar-refractivity contribution in [3.05, 3.63) is 35.4 Å². The first-order valence-corrected chi connectivity index (χ1v) is 9.07. The van der Waals surface area contributed by atoms with Gasteiger partial charge in [0.05, 0.1) is 0 Å². The van der Waals surface area contributed by atoms with E-state index in [9.17, 15) is 4.79 Å². The Morgan fingerprint density at radius 1 is 1.05 bits per heavy atom. The molecule has 5 rings (SSSR count). The van der Waals surface area contributed by atoms with Crippen molar-refractivity contribution in [2.45, 2.75) is 57.3 Å². The maximum Gasteiger partial charge on any atom is 0.251 e. The minimum Gasteiger partial charge on any atom is -0.352 e. The standard InChI is InChI=1S/C20H27NO/c1-2-7-21-19(22)17-3-5-18(6-4-17)20-11-14-8-15(12-20)10-16(9-14)13-20/h3-6,14-16H,2,7-13H2,1H3,(H,21,22). The van der Waals surface area contributed by atoms with Crippen molar-refractivity contribution < 1.29 is 4.79 Å². The molecule has 1 aromatic carbocycles. The first-order chi connectivity index (χ1) is 10.7. The molecule has 0 radical (unpaired) electrons. The van der Waals surface area contributed by atoms with Crippen molar-refractivity contribution in [3.63, 3.8) is 0 Å². The van der Waals surface area contributed by atoms with E-state index in [1.54, 1.807) is 0 Å². The fourth-order valence-electron chi connectivity index (χ4n) is 5.78. The summed E-state index contributed by atoms with van der Waals surface area (Å²) in [5.74, 6) is 2.98. The molecule has 4 bridgehead atoms. The Balaban J connectivity index is 1.55. The molecular formula is C20H27NO. The molecule has 118 valence electrons. The summed E-state index contributed by atoms with van der Waals surface area (Å²) >= 11 is 0. The summed E-state index contributed by atoms with van der Waals surface area (Å²) in [5.41, 5.74) is 2.74. The van der Waals surface area contributed by atoms with E-state index < -0.39 is 0 Å². The summed E-state index contributed by atoms with van der Waals surface area (Å²) in [4.78, 5) is 12.1. The summed E-state index contributed by atoms with van der Waals surface area (Å²) < 4.78 is 0. The van der Waals surface area contributed by atoms with Crippen molar-refractivity contribution in [2.75, 3.05) is 6.54 Å². The predicted molar refractivity (Wildman–Crippen MR) is 88.9 cm³/mol. The van der Waals surface area contributed by atoms with Crippen LogP contribution in [0.5, 0.6) is 0 Å². The molecule has 22 heavy (non-hydrogen) atoms. The smallest absolute Gasteiger partial charge is 0.251 e. The topological polar surface area (TPSA) is 29.1 Å². The fraction of sp³-hybridized carbons (Fsp3) is 0.650. The third kappa shape index (κ3) is 2.37. The van der Waals surface area contributed by atoms with Gasteiger partial charge in [-0.05, 0) is 85.8 Å².